The van der Waals surface area contributed by atoms with Crippen molar-refractivity contribution in [3.63, 3.8) is 0 Å². The van der Waals surface area contributed by atoms with E-state index in [0.29, 0.717) is 5.56 Å². The normalized spacial score (nSPS) is 16.3. The van der Waals surface area contributed by atoms with Crippen LogP contribution in [0.3, 0.4) is 0 Å². The van der Waals surface area contributed by atoms with Crippen LogP contribution in [0.1, 0.15) is 15.9 Å². The second-order valence-corrected chi connectivity index (χ2v) is 6.09. The first-order chi connectivity index (χ1) is 10.7. The molecule has 5 heteroatoms. The van der Waals surface area contributed by atoms with Crippen molar-refractivity contribution in [1.82, 2.24) is 0 Å². The number of nitrogens with two attached hydrogens (primary N) is 1. The number of anilines is 2. The lowest BCUT2D eigenvalue weighted by atomic mass is 10.2. The van der Waals surface area contributed by atoms with E-state index in [1.54, 1.807) is 17.8 Å². The molecule has 1 aliphatic heterocycles. The third-order valence-electron chi connectivity index (χ3n) is 3.35. The standard InChI is InChI=1S/C17H16N2O2S/c1-21-17(20)12-5-8-15-14(10-12)19-16(22-15)9-4-11-2-6-13(18)7-3-11/h2-10,16,19H,18H2,1H3/b9-4+. The molecule has 1 atom stereocenters. The summed E-state index contributed by atoms with van der Waals surface area (Å²) in [5.74, 6) is -0.324. The predicted molar refractivity (Wildman–Crippen MR) is 90.9 cm³/mol. The lowest BCUT2D eigenvalue weighted by Crippen LogP contribution is -2.06. The molecule has 0 bridgehead atoms. The fourth-order valence-electron chi connectivity index (χ4n) is 2.20. The summed E-state index contributed by atoms with van der Waals surface area (Å²) < 4.78 is 4.74. The van der Waals surface area contributed by atoms with Crippen molar-refractivity contribution < 1.29 is 9.53 Å². The largest absolute Gasteiger partial charge is 0.465 e. The van der Waals surface area contributed by atoms with E-state index in [9.17, 15) is 4.79 Å². The molecular formula is C17H16N2O2S. The van der Waals surface area contributed by atoms with E-state index in [-0.39, 0.29) is 11.3 Å². The predicted octanol–water partition coefficient (Wildman–Crippen LogP) is 3.61. The summed E-state index contributed by atoms with van der Waals surface area (Å²) >= 11 is 1.71. The highest BCUT2D eigenvalue weighted by Crippen LogP contribution is 2.39. The summed E-state index contributed by atoms with van der Waals surface area (Å²) in [5, 5.41) is 3.52. The number of hydrogen-bond donors (Lipinski definition) is 2. The Bertz CT molecular complexity index is 726. The van der Waals surface area contributed by atoms with Gasteiger partial charge in [-0.05, 0) is 35.9 Å². The van der Waals surface area contributed by atoms with Gasteiger partial charge in [0.25, 0.3) is 0 Å². The van der Waals surface area contributed by atoms with Crippen molar-refractivity contribution >= 4 is 35.2 Å². The number of fused-ring (bicyclic) bond motifs is 1. The maximum absolute atomic E-state index is 11.6. The average molecular weight is 312 g/mol. The Labute approximate surface area is 133 Å². The number of thioether (sulfide) groups is 1. The molecule has 2 aromatic rings. The van der Waals surface area contributed by atoms with Crippen molar-refractivity contribution in [2.75, 3.05) is 18.2 Å². The molecule has 1 unspecified atom stereocenters. The monoisotopic (exact) mass is 312 g/mol. The van der Waals surface area contributed by atoms with E-state index >= 15 is 0 Å². The van der Waals surface area contributed by atoms with Crippen molar-refractivity contribution in [1.29, 1.82) is 0 Å². The van der Waals surface area contributed by atoms with Gasteiger partial charge in [-0.3, -0.25) is 0 Å². The fraction of sp³-hybridized carbons (Fsp3) is 0.118. The molecule has 0 aromatic heterocycles. The Balaban J connectivity index is 1.71. The molecule has 0 spiro atoms. The number of nitrogen functional groups attached to an aromatic ring is 1. The van der Waals surface area contributed by atoms with Gasteiger partial charge in [0.2, 0.25) is 0 Å². The molecule has 0 saturated heterocycles. The van der Waals surface area contributed by atoms with Crippen molar-refractivity contribution in [2.45, 2.75) is 10.3 Å². The number of nitrogens with one attached hydrogen (secondary N) is 1. The second kappa shape index (κ2) is 6.15. The summed E-state index contributed by atoms with van der Waals surface area (Å²) in [7, 11) is 1.38. The molecule has 0 fully saturated rings. The van der Waals surface area contributed by atoms with Crippen molar-refractivity contribution in [3.05, 3.63) is 59.7 Å². The van der Waals surface area contributed by atoms with Crippen LogP contribution in [-0.4, -0.2) is 18.5 Å². The van der Waals surface area contributed by atoms with Crippen LogP contribution in [0.15, 0.2) is 53.4 Å². The number of ether oxygens (including phenoxy) is 1. The van der Waals surface area contributed by atoms with Gasteiger partial charge in [-0.15, -0.1) is 0 Å². The summed E-state index contributed by atoms with van der Waals surface area (Å²) in [6.07, 6.45) is 4.14. The molecule has 0 radical (unpaired) electrons. The molecule has 0 aliphatic carbocycles. The number of carbonyl (C=O) groups excluding carboxylic acids is 1. The van der Waals surface area contributed by atoms with Crippen LogP contribution in [0, 0.1) is 0 Å². The Kier molecular flexibility index (Phi) is 4.06. The maximum Gasteiger partial charge on any atom is 0.337 e. The third-order valence-corrected chi connectivity index (χ3v) is 4.49. The smallest absolute Gasteiger partial charge is 0.337 e. The number of carbonyl (C=O) groups is 1. The van der Waals surface area contributed by atoms with E-state index in [2.05, 4.69) is 17.5 Å². The minimum Gasteiger partial charge on any atom is -0.465 e. The van der Waals surface area contributed by atoms with Gasteiger partial charge in [0, 0.05) is 16.3 Å². The first-order valence-corrected chi connectivity index (χ1v) is 7.73. The minimum atomic E-state index is -0.324. The van der Waals surface area contributed by atoms with E-state index < -0.39 is 0 Å². The first-order valence-electron chi connectivity index (χ1n) is 6.85. The molecule has 0 amide bonds. The van der Waals surface area contributed by atoms with Gasteiger partial charge in [-0.2, -0.15) is 0 Å². The molecule has 4 nitrogen and oxygen atoms in total. The molecule has 1 heterocycles. The molecular weight excluding hydrogens is 296 g/mol. The zero-order valence-corrected chi connectivity index (χ0v) is 12.9. The molecule has 2 aromatic carbocycles. The number of hydrogen-bond acceptors (Lipinski definition) is 5. The van der Waals surface area contributed by atoms with E-state index in [1.165, 1.54) is 7.11 Å². The fourth-order valence-corrected chi connectivity index (χ4v) is 3.21. The van der Waals surface area contributed by atoms with Crippen molar-refractivity contribution in [3.8, 4) is 0 Å². The quantitative estimate of drug-likeness (QED) is 0.669. The van der Waals surface area contributed by atoms with Crippen LogP contribution >= 0.6 is 11.8 Å². The summed E-state index contributed by atoms with van der Waals surface area (Å²) in [5.41, 5.74) is 9.04. The molecule has 1 aliphatic rings. The Morgan fingerprint density at radius 3 is 2.77 bits per heavy atom. The molecule has 22 heavy (non-hydrogen) atoms. The molecule has 3 N–H and O–H groups in total. The third kappa shape index (κ3) is 3.09. The number of benzene rings is 2. The zero-order chi connectivity index (χ0) is 15.5. The minimum absolute atomic E-state index is 0.139. The van der Waals surface area contributed by atoms with Gasteiger partial charge in [0.15, 0.2) is 0 Å². The number of methoxy groups -OCH3 is 1. The topological polar surface area (TPSA) is 64.3 Å². The number of esters is 1. The highest BCUT2D eigenvalue weighted by molar-refractivity contribution is 8.00. The van der Waals surface area contributed by atoms with E-state index in [0.717, 1.165) is 21.8 Å². The van der Waals surface area contributed by atoms with Gasteiger partial charge in [0.05, 0.1) is 18.0 Å². The van der Waals surface area contributed by atoms with Gasteiger partial charge in [0.1, 0.15) is 0 Å². The summed E-state index contributed by atoms with van der Waals surface area (Å²) in [4.78, 5) is 12.7. The maximum atomic E-state index is 11.6. The SMILES string of the molecule is COC(=O)c1ccc2c(c1)NC(/C=C/c1ccc(N)cc1)S2. The van der Waals surface area contributed by atoms with Crippen LogP contribution in [0.4, 0.5) is 11.4 Å². The van der Waals surface area contributed by atoms with Gasteiger partial charge >= 0.3 is 5.97 Å². The molecule has 0 saturated carbocycles. The second-order valence-electron chi connectivity index (χ2n) is 4.91. The van der Waals surface area contributed by atoms with Crippen LogP contribution in [-0.2, 0) is 4.74 Å². The lowest BCUT2D eigenvalue weighted by Gasteiger charge is -2.05. The first kappa shape index (κ1) is 14.5. The van der Waals surface area contributed by atoms with Crippen LogP contribution in [0.25, 0.3) is 6.08 Å². The van der Waals surface area contributed by atoms with Crippen LogP contribution in [0.5, 0.6) is 0 Å². The molecule has 3 rings (SSSR count). The van der Waals surface area contributed by atoms with E-state index in [4.69, 9.17) is 10.5 Å². The average Bonchev–Trinajstić information content (AvgIpc) is 2.95. The number of rotatable bonds is 3. The van der Waals surface area contributed by atoms with Gasteiger partial charge in [-0.25, -0.2) is 4.79 Å². The Hall–Kier alpha value is -2.40. The van der Waals surface area contributed by atoms with Crippen LogP contribution in [0.2, 0.25) is 0 Å². The highest BCUT2D eigenvalue weighted by Gasteiger charge is 2.20. The summed E-state index contributed by atoms with van der Waals surface area (Å²) in [6, 6.07) is 13.3. The lowest BCUT2D eigenvalue weighted by molar-refractivity contribution is 0.0600. The van der Waals surface area contributed by atoms with Gasteiger partial charge < -0.3 is 15.8 Å². The Morgan fingerprint density at radius 1 is 1.27 bits per heavy atom. The zero-order valence-electron chi connectivity index (χ0n) is 12.1. The van der Waals surface area contributed by atoms with E-state index in [1.807, 2.05) is 36.4 Å². The molecule has 112 valence electrons. The van der Waals surface area contributed by atoms with Crippen molar-refractivity contribution in [2.24, 2.45) is 0 Å². The van der Waals surface area contributed by atoms with Crippen LogP contribution < -0.4 is 11.1 Å². The van der Waals surface area contributed by atoms with Gasteiger partial charge in [-0.1, -0.05) is 36.0 Å². The highest BCUT2D eigenvalue weighted by atomic mass is 32.2. The summed E-state index contributed by atoms with van der Waals surface area (Å²) in [6.45, 7) is 0. The Morgan fingerprint density at radius 2 is 2.05 bits per heavy atom.